The van der Waals surface area contributed by atoms with Crippen molar-refractivity contribution in [1.29, 1.82) is 0 Å². The minimum atomic E-state index is -0.991. The van der Waals surface area contributed by atoms with Crippen molar-refractivity contribution in [2.24, 2.45) is 5.92 Å². The molecule has 2 aromatic heterocycles. The summed E-state index contributed by atoms with van der Waals surface area (Å²) >= 11 is 1.60. The van der Waals surface area contributed by atoms with Crippen LogP contribution in [0.15, 0.2) is 41.8 Å². The van der Waals surface area contributed by atoms with Crippen molar-refractivity contribution in [1.82, 2.24) is 19.8 Å². The highest BCUT2D eigenvalue weighted by Gasteiger charge is 2.49. The van der Waals surface area contributed by atoms with Gasteiger partial charge in [-0.25, -0.2) is 4.98 Å². The maximum Gasteiger partial charge on any atom is 0.291 e. The van der Waals surface area contributed by atoms with E-state index in [4.69, 9.17) is 0 Å². The van der Waals surface area contributed by atoms with Gasteiger partial charge in [-0.3, -0.25) is 9.59 Å². The van der Waals surface area contributed by atoms with Crippen LogP contribution in [0.3, 0.4) is 0 Å². The van der Waals surface area contributed by atoms with E-state index in [9.17, 15) is 9.59 Å². The number of nitrogens with zero attached hydrogens (tertiary/aromatic N) is 3. The zero-order valence-electron chi connectivity index (χ0n) is 18.0. The lowest BCUT2D eigenvalue weighted by Gasteiger charge is -2.44. The molecule has 162 valence electrons. The summed E-state index contributed by atoms with van der Waals surface area (Å²) in [6.07, 6.45) is 4.50. The molecule has 1 N–H and O–H groups in total. The van der Waals surface area contributed by atoms with Gasteiger partial charge in [-0.15, -0.1) is 11.3 Å². The lowest BCUT2D eigenvalue weighted by atomic mass is 9.85. The van der Waals surface area contributed by atoms with E-state index in [1.807, 2.05) is 53.3 Å². The molecular formula is C24H28N4O2S. The Balaban J connectivity index is 1.54. The van der Waals surface area contributed by atoms with Crippen molar-refractivity contribution >= 4 is 34.2 Å². The molecule has 0 unspecified atom stereocenters. The minimum absolute atomic E-state index is 0.0698. The zero-order chi connectivity index (χ0) is 21.6. The summed E-state index contributed by atoms with van der Waals surface area (Å²) in [6, 6.07) is 11.9. The number of aromatic nitrogens is 2. The predicted octanol–water partition coefficient (Wildman–Crippen LogP) is 4.21. The second-order valence-electron chi connectivity index (χ2n) is 9.10. The van der Waals surface area contributed by atoms with E-state index in [0.29, 0.717) is 24.8 Å². The number of nitrogens with one attached hydrogen (secondary N) is 1. The first-order valence-corrected chi connectivity index (χ1v) is 12.0. The number of rotatable bonds is 4. The van der Waals surface area contributed by atoms with Gasteiger partial charge in [0.1, 0.15) is 5.54 Å². The van der Waals surface area contributed by atoms with E-state index in [-0.39, 0.29) is 17.9 Å². The molecule has 3 aromatic rings. The molecule has 1 aliphatic carbocycles. The summed E-state index contributed by atoms with van der Waals surface area (Å²) in [5.74, 6) is 0.606. The second-order valence-corrected chi connectivity index (χ2v) is 10.1. The summed E-state index contributed by atoms with van der Waals surface area (Å²) in [5.41, 5.74) is 0.688. The number of carbonyl (C=O) groups excluding carboxylic acids is 2. The van der Waals surface area contributed by atoms with Gasteiger partial charge >= 0.3 is 0 Å². The van der Waals surface area contributed by atoms with E-state index in [1.165, 1.54) is 6.42 Å². The molecule has 0 saturated heterocycles. The minimum Gasteiger partial charge on any atom is -0.351 e. The third-order valence-electron chi connectivity index (χ3n) is 6.96. The number of para-hydroxylation sites is 2. The molecule has 2 amide bonds. The molecule has 1 saturated carbocycles. The van der Waals surface area contributed by atoms with Crippen molar-refractivity contribution in [3.63, 3.8) is 0 Å². The van der Waals surface area contributed by atoms with Gasteiger partial charge in [0.2, 0.25) is 5.91 Å². The van der Waals surface area contributed by atoms with Crippen LogP contribution in [0.2, 0.25) is 0 Å². The molecule has 31 heavy (non-hydrogen) atoms. The Morgan fingerprint density at radius 2 is 2.03 bits per heavy atom. The predicted molar refractivity (Wildman–Crippen MR) is 122 cm³/mol. The number of carbonyl (C=O) groups is 2. The summed E-state index contributed by atoms with van der Waals surface area (Å²) in [6.45, 7) is 4.92. The number of hydrogen-bond donors (Lipinski definition) is 1. The first kappa shape index (κ1) is 20.2. The van der Waals surface area contributed by atoms with Crippen LogP contribution in [0.25, 0.3) is 11.0 Å². The Hall–Kier alpha value is -2.67. The van der Waals surface area contributed by atoms with E-state index in [0.717, 1.165) is 35.2 Å². The molecule has 1 aromatic carbocycles. The fourth-order valence-corrected chi connectivity index (χ4v) is 5.68. The van der Waals surface area contributed by atoms with Gasteiger partial charge in [-0.1, -0.05) is 38.0 Å². The molecule has 2 aliphatic rings. The van der Waals surface area contributed by atoms with E-state index < -0.39 is 5.54 Å². The molecule has 3 atom stereocenters. The molecule has 1 fully saturated rings. The highest BCUT2D eigenvalue weighted by atomic mass is 32.1. The standard InChI is InChI=1S/C24H28N4O2S/c1-16-8-3-4-10-18(16)26-23(30)24(2)15-27-20-12-6-5-11-19(20)25-21(27)22(29)28(24)14-17-9-7-13-31-17/h5-7,9,11-13,16,18H,3-4,8,10,14-15H2,1-2H3,(H,26,30)/t16-,18-,24-/m1/s1. The van der Waals surface area contributed by atoms with Gasteiger partial charge in [0.25, 0.3) is 5.91 Å². The Morgan fingerprint density at radius 1 is 1.23 bits per heavy atom. The summed E-state index contributed by atoms with van der Waals surface area (Å²) in [7, 11) is 0. The van der Waals surface area contributed by atoms with Crippen LogP contribution in [-0.2, 0) is 17.9 Å². The van der Waals surface area contributed by atoms with Crippen molar-refractivity contribution in [3.05, 3.63) is 52.5 Å². The first-order chi connectivity index (χ1) is 15.0. The highest BCUT2D eigenvalue weighted by Crippen LogP contribution is 2.33. The van der Waals surface area contributed by atoms with E-state index in [1.54, 1.807) is 16.2 Å². The number of benzene rings is 1. The van der Waals surface area contributed by atoms with Crippen LogP contribution in [0.4, 0.5) is 0 Å². The smallest absolute Gasteiger partial charge is 0.291 e. The van der Waals surface area contributed by atoms with Gasteiger partial charge in [0.05, 0.1) is 24.1 Å². The quantitative estimate of drug-likeness (QED) is 0.666. The normalized spacial score (nSPS) is 26.1. The number of fused-ring (bicyclic) bond motifs is 3. The van der Waals surface area contributed by atoms with E-state index >= 15 is 0 Å². The lowest BCUT2D eigenvalue weighted by Crippen LogP contribution is -2.65. The van der Waals surface area contributed by atoms with Gasteiger partial charge < -0.3 is 14.8 Å². The average molecular weight is 437 g/mol. The Morgan fingerprint density at radius 3 is 2.81 bits per heavy atom. The number of hydrogen-bond acceptors (Lipinski definition) is 4. The average Bonchev–Trinajstić information content (AvgIpc) is 3.41. The molecule has 0 spiro atoms. The maximum atomic E-state index is 13.8. The fraction of sp³-hybridized carbons (Fsp3) is 0.458. The van der Waals surface area contributed by atoms with Gasteiger partial charge in [0.15, 0.2) is 5.82 Å². The summed E-state index contributed by atoms with van der Waals surface area (Å²) < 4.78 is 1.92. The maximum absolute atomic E-state index is 13.8. The topological polar surface area (TPSA) is 67.2 Å². The van der Waals surface area contributed by atoms with Gasteiger partial charge in [-0.2, -0.15) is 0 Å². The lowest BCUT2D eigenvalue weighted by molar-refractivity contribution is -0.134. The van der Waals surface area contributed by atoms with Crippen LogP contribution in [0.1, 0.15) is 55.0 Å². The monoisotopic (exact) mass is 436 g/mol. The van der Waals surface area contributed by atoms with Crippen LogP contribution in [0, 0.1) is 5.92 Å². The van der Waals surface area contributed by atoms with Crippen LogP contribution < -0.4 is 5.32 Å². The first-order valence-electron chi connectivity index (χ1n) is 11.1. The summed E-state index contributed by atoms with van der Waals surface area (Å²) in [4.78, 5) is 34.8. The zero-order valence-corrected chi connectivity index (χ0v) is 18.8. The second kappa shape index (κ2) is 7.79. The molecule has 5 rings (SSSR count). The van der Waals surface area contributed by atoms with Crippen molar-refractivity contribution < 1.29 is 9.59 Å². The number of thiophene rings is 1. The van der Waals surface area contributed by atoms with Crippen LogP contribution in [0.5, 0.6) is 0 Å². The number of amides is 2. The fourth-order valence-electron chi connectivity index (χ4n) is 4.99. The van der Waals surface area contributed by atoms with Crippen molar-refractivity contribution in [2.45, 2.75) is 64.2 Å². The molecule has 0 radical (unpaired) electrons. The Labute approximate surface area is 186 Å². The van der Waals surface area contributed by atoms with Crippen LogP contribution in [-0.4, -0.2) is 37.8 Å². The van der Waals surface area contributed by atoms with Crippen molar-refractivity contribution in [2.75, 3.05) is 0 Å². The molecule has 1 aliphatic heterocycles. The summed E-state index contributed by atoms with van der Waals surface area (Å²) in [5, 5.41) is 5.32. The Bertz CT molecular complexity index is 1120. The van der Waals surface area contributed by atoms with Gasteiger partial charge in [0, 0.05) is 10.9 Å². The third-order valence-corrected chi connectivity index (χ3v) is 7.83. The molecule has 0 bridgehead atoms. The van der Waals surface area contributed by atoms with Crippen LogP contribution >= 0.6 is 11.3 Å². The van der Waals surface area contributed by atoms with Gasteiger partial charge in [-0.05, 0) is 49.3 Å². The SMILES string of the molecule is C[C@@H]1CCCC[C@H]1NC(=O)[C@@]1(C)Cn2c(nc3ccccc32)C(=O)N1Cc1cccs1. The Kier molecular flexibility index (Phi) is 5.08. The van der Waals surface area contributed by atoms with Crippen molar-refractivity contribution in [3.8, 4) is 0 Å². The van der Waals surface area contributed by atoms with E-state index in [2.05, 4.69) is 17.2 Å². The highest BCUT2D eigenvalue weighted by molar-refractivity contribution is 7.09. The molecule has 3 heterocycles. The number of imidazole rings is 1. The molecular weight excluding hydrogens is 408 g/mol. The molecule has 7 heteroatoms. The largest absolute Gasteiger partial charge is 0.351 e. The third kappa shape index (κ3) is 3.45. The molecule has 6 nitrogen and oxygen atoms in total.